The first-order chi connectivity index (χ1) is 9.31. The van der Waals surface area contributed by atoms with E-state index in [0.29, 0.717) is 23.9 Å². The molecule has 0 aromatic heterocycles. The van der Waals surface area contributed by atoms with Crippen LogP contribution >= 0.6 is 28.1 Å². The molecule has 20 heavy (non-hydrogen) atoms. The van der Waals surface area contributed by atoms with Crippen molar-refractivity contribution in [1.29, 1.82) is 0 Å². The second-order valence-corrected chi connectivity index (χ2v) is 6.55. The van der Waals surface area contributed by atoms with Gasteiger partial charge in [-0.3, -0.25) is 4.90 Å². The summed E-state index contributed by atoms with van der Waals surface area (Å²) in [6.07, 6.45) is 0.541. The van der Waals surface area contributed by atoms with E-state index in [9.17, 15) is 8.78 Å². The number of benzene rings is 1. The van der Waals surface area contributed by atoms with Crippen LogP contribution in [0.1, 0.15) is 25.8 Å². The van der Waals surface area contributed by atoms with Crippen molar-refractivity contribution in [2.24, 2.45) is 11.7 Å². The first-order valence-electron chi connectivity index (χ1n) is 6.44. The molecule has 0 bridgehead atoms. The van der Waals surface area contributed by atoms with Crippen LogP contribution in [0.4, 0.5) is 8.78 Å². The molecule has 0 spiro atoms. The monoisotopic (exact) mass is 364 g/mol. The van der Waals surface area contributed by atoms with Gasteiger partial charge in [0, 0.05) is 31.6 Å². The summed E-state index contributed by atoms with van der Waals surface area (Å²) in [6.45, 7) is 5.65. The van der Waals surface area contributed by atoms with Crippen molar-refractivity contribution in [2.45, 2.75) is 26.8 Å². The zero-order valence-electron chi connectivity index (χ0n) is 11.6. The van der Waals surface area contributed by atoms with Crippen LogP contribution in [0.2, 0.25) is 0 Å². The van der Waals surface area contributed by atoms with Gasteiger partial charge < -0.3 is 5.73 Å². The van der Waals surface area contributed by atoms with Crippen molar-refractivity contribution < 1.29 is 8.78 Å². The first kappa shape index (κ1) is 17.5. The van der Waals surface area contributed by atoms with Gasteiger partial charge in [0.05, 0.1) is 9.46 Å². The quantitative estimate of drug-likeness (QED) is 0.588. The highest BCUT2D eigenvalue weighted by atomic mass is 79.9. The largest absolute Gasteiger partial charge is 0.393 e. The molecule has 1 aromatic rings. The molecule has 2 nitrogen and oxygen atoms in total. The molecule has 0 fully saturated rings. The Labute approximate surface area is 132 Å². The third-order valence-corrected chi connectivity index (χ3v) is 3.63. The Kier molecular flexibility index (Phi) is 6.99. The van der Waals surface area contributed by atoms with E-state index in [4.69, 9.17) is 18.0 Å². The predicted octanol–water partition coefficient (Wildman–Crippen LogP) is 3.86. The summed E-state index contributed by atoms with van der Waals surface area (Å²) >= 11 is 7.94. The number of nitrogens with zero attached hydrogens (tertiary/aromatic N) is 1. The highest BCUT2D eigenvalue weighted by Gasteiger charge is 2.17. The Morgan fingerprint density at radius 3 is 2.60 bits per heavy atom. The summed E-state index contributed by atoms with van der Waals surface area (Å²) < 4.78 is 28.1. The van der Waals surface area contributed by atoms with Gasteiger partial charge in [-0.1, -0.05) is 26.1 Å². The Bertz CT molecular complexity index is 480. The second-order valence-electron chi connectivity index (χ2n) is 5.17. The average molecular weight is 365 g/mol. The van der Waals surface area contributed by atoms with Crippen LogP contribution in [0.3, 0.4) is 0 Å². The highest BCUT2D eigenvalue weighted by Crippen LogP contribution is 2.23. The smallest absolute Gasteiger partial charge is 0.144 e. The summed E-state index contributed by atoms with van der Waals surface area (Å²) in [5.41, 5.74) is 5.57. The van der Waals surface area contributed by atoms with Crippen LogP contribution in [0.5, 0.6) is 0 Å². The summed E-state index contributed by atoms with van der Waals surface area (Å²) in [6, 6.07) is 2.64. The molecule has 2 N–H and O–H groups in total. The van der Waals surface area contributed by atoms with E-state index in [1.807, 2.05) is 4.90 Å². The molecule has 0 radical (unpaired) electrons. The van der Waals surface area contributed by atoms with Gasteiger partial charge in [-0.05, 0) is 34.0 Å². The van der Waals surface area contributed by atoms with Crippen molar-refractivity contribution >= 4 is 33.1 Å². The molecule has 0 unspecified atom stereocenters. The lowest BCUT2D eigenvalue weighted by Gasteiger charge is -2.24. The number of hydrogen-bond acceptors (Lipinski definition) is 2. The molecule has 0 amide bonds. The average Bonchev–Trinajstić information content (AvgIpc) is 2.35. The lowest BCUT2D eigenvalue weighted by atomic mass is 10.1. The van der Waals surface area contributed by atoms with E-state index in [1.165, 1.54) is 12.1 Å². The van der Waals surface area contributed by atoms with Crippen molar-refractivity contribution in [3.63, 3.8) is 0 Å². The number of hydrogen-bond donors (Lipinski definition) is 1. The molecule has 0 aliphatic rings. The summed E-state index contributed by atoms with van der Waals surface area (Å²) in [7, 11) is 0. The van der Waals surface area contributed by atoms with Gasteiger partial charge in [0.15, 0.2) is 0 Å². The number of rotatable bonds is 7. The molecule has 112 valence electrons. The van der Waals surface area contributed by atoms with Gasteiger partial charge in [0.1, 0.15) is 11.6 Å². The maximum absolute atomic E-state index is 14.0. The molecule has 0 heterocycles. The van der Waals surface area contributed by atoms with Gasteiger partial charge >= 0.3 is 0 Å². The minimum absolute atomic E-state index is 0.0722. The molecule has 1 aromatic carbocycles. The fourth-order valence-corrected chi connectivity index (χ4v) is 2.42. The van der Waals surface area contributed by atoms with Crippen molar-refractivity contribution in [3.05, 3.63) is 33.8 Å². The van der Waals surface area contributed by atoms with Gasteiger partial charge in [0.2, 0.25) is 0 Å². The van der Waals surface area contributed by atoms with Crippen LogP contribution in [0.15, 0.2) is 16.6 Å². The fraction of sp³-hybridized carbons (Fsp3) is 0.500. The third kappa shape index (κ3) is 5.42. The van der Waals surface area contributed by atoms with Gasteiger partial charge in [-0.15, -0.1) is 0 Å². The van der Waals surface area contributed by atoms with Crippen molar-refractivity contribution in [2.75, 3.05) is 13.1 Å². The molecule has 0 aliphatic heterocycles. The Hall–Kier alpha value is -0.590. The Balaban J connectivity index is 2.88. The van der Waals surface area contributed by atoms with E-state index in [0.717, 1.165) is 6.54 Å². The second kappa shape index (κ2) is 8.00. The topological polar surface area (TPSA) is 29.3 Å². The molecule has 1 rings (SSSR count). The van der Waals surface area contributed by atoms with Crippen LogP contribution in [-0.4, -0.2) is 23.0 Å². The standard InChI is InChI=1S/C14H19BrF2N2S/c1-9(2)7-19(6-5-13(18)20)8-10-12(16)4-3-11(15)14(10)17/h3-4,9H,5-8H2,1-2H3,(H2,18,20). The van der Waals surface area contributed by atoms with Crippen molar-refractivity contribution in [3.8, 4) is 0 Å². The van der Waals surface area contributed by atoms with E-state index in [-0.39, 0.29) is 16.6 Å². The zero-order chi connectivity index (χ0) is 15.3. The number of halogens is 3. The zero-order valence-corrected chi connectivity index (χ0v) is 14.0. The fourth-order valence-electron chi connectivity index (χ4n) is 1.96. The van der Waals surface area contributed by atoms with Crippen molar-refractivity contribution in [1.82, 2.24) is 4.90 Å². The minimum Gasteiger partial charge on any atom is -0.393 e. The maximum atomic E-state index is 14.0. The lowest BCUT2D eigenvalue weighted by Crippen LogP contribution is -2.31. The van der Waals surface area contributed by atoms with E-state index < -0.39 is 11.6 Å². The highest BCUT2D eigenvalue weighted by molar-refractivity contribution is 9.10. The van der Waals surface area contributed by atoms with Gasteiger partial charge in [-0.25, -0.2) is 8.78 Å². The first-order valence-corrected chi connectivity index (χ1v) is 7.64. The van der Waals surface area contributed by atoms with E-state index in [1.54, 1.807) is 0 Å². The maximum Gasteiger partial charge on any atom is 0.144 e. The number of nitrogens with two attached hydrogens (primary N) is 1. The molecular formula is C14H19BrF2N2S. The van der Waals surface area contributed by atoms with E-state index in [2.05, 4.69) is 29.8 Å². The Morgan fingerprint density at radius 1 is 1.40 bits per heavy atom. The van der Waals surface area contributed by atoms with Crippen LogP contribution < -0.4 is 5.73 Å². The predicted molar refractivity (Wildman–Crippen MR) is 85.6 cm³/mol. The molecule has 0 aliphatic carbocycles. The summed E-state index contributed by atoms with van der Waals surface area (Å²) in [4.78, 5) is 2.38. The Morgan fingerprint density at radius 2 is 2.05 bits per heavy atom. The van der Waals surface area contributed by atoms with Crippen LogP contribution in [-0.2, 0) is 6.54 Å². The molecule has 0 atom stereocenters. The van der Waals surface area contributed by atoms with Gasteiger partial charge in [0.25, 0.3) is 0 Å². The van der Waals surface area contributed by atoms with Crippen LogP contribution in [0.25, 0.3) is 0 Å². The minimum atomic E-state index is -0.547. The normalized spacial score (nSPS) is 11.3. The lowest BCUT2D eigenvalue weighted by molar-refractivity contribution is 0.236. The third-order valence-electron chi connectivity index (χ3n) is 2.82. The molecular weight excluding hydrogens is 346 g/mol. The summed E-state index contributed by atoms with van der Waals surface area (Å²) in [5, 5.41) is 0. The molecule has 0 saturated carbocycles. The van der Waals surface area contributed by atoms with Crippen LogP contribution in [0, 0.1) is 17.6 Å². The molecule has 6 heteroatoms. The van der Waals surface area contributed by atoms with E-state index >= 15 is 0 Å². The molecule has 0 saturated heterocycles. The number of thiocarbonyl (C=S) groups is 1. The SMILES string of the molecule is CC(C)CN(CCC(N)=S)Cc1c(F)ccc(Br)c1F. The van der Waals surface area contributed by atoms with Gasteiger partial charge in [-0.2, -0.15) is 0 Å². The summed E-state index contributed by atoms with van der Waals surface area (Å²) in [5.74, 6) is -0.691.